The first-order chi connectivity index (χ1) is 7.11. The molecule has 0 aromatic rings. The van der Waals surface area contributed by atoms with E-state index in [1.54, 1.807) is 4.90 Å². The van der Waals surface area contributed by atoms with Crippen LogP contribution in [0.3, 0.4) is 0 Å². The van der Waals surface area contributed by atoms with Crippen LogP contribution in [0, 0.1) is 0 Å². The standard InChI is InChI=1S/C10H18N2O3/c1-8(10(14)15)11-7-9(13)12-5-3-2-4-6-12/h8,11H,2-7H2,1H3,(H,14,15)/t8-/m1/s1. The first-order valence-electron chi connectivity index (χ1n) is 5.35. The number of hydrogen-bond donors (Lipinski definition) is 2. The SMILES string of the molecule is C[C@@H](NCC(=O)N1CCCCC1)C(=O)O. The molecule has 1 aliphatic rings. The van der Waals surface area contributed by atoms with Gasteiger partial charge in [-0.1, -0.05) is 0 Å². The van der Waals surface area contributed by atoms with Gasteiger partial charge in [-0.3, -0.25) is 14.9 Å². The van der Waals surface area contributed by atoms with Crippen molar-refractivity contribution in [3.63, 3.8) is 0 Å². The monoisotopic (exact) mass is 214 g/mol. The first kappa shape index (κ1) is 12.0. The summed E-state index contributed by atoms with van der Waals surface area (Å²) in [6, 6.07) is -0.668. The van der Waals surface area contributed by atoms with Crippen molar-refractivity contribution in [3.05, 3.63) is 0 Å². The second-order valence-electron chi connectivity index (χ2n) is 3.88. The minimum atomic E-state index is -0.929. The molecule has 2 N–H and O–H groups in total. The van der Waals surface area contributed by atoms with Crippen LogP contribution >= 0.6 is 0 Å². The quantitative estimate of drug-likeness (QED) is 0.694. The predicted octanol–water partition coefficient (Wildman–Crippen LogP) is 0.0616. The molecule has 5 nitrogen and oxygen atoms in total. The molecule has 15 heavy (non-hydrogen) atoms. The summed E-state index contributed by atoms with van der Waals surface area (Å²) in [5.74, 6) is -0.927. The number of carboxylic acids is 1. The average molecular weight is 214 g/mol. The summed E-state index contributed by atoms with van der Waals surface area (Å²) in [5.41, 5.74) is 0. The molecule has 5 heteroatoms. The number of likely N-dealkylation sites (tertiary alicyclic amines) is 1. The number of amides is 1. The second kappa shape index (κ2) is 5.70. The molecular weight excluding hydrogens is 196 g/mol. The number of piperidine rings is 1. The highest BCUT2D eigenvalue weighted by molar-refractivity contribution is 5.79. The Bertz CT molecular complexity index is 237. The zero-order chi connectivity index (χ0) is 11.3. The normalized spacial score (nSPS) is 18.6. The van der Waals surface area contributed by atoms with Crippen molar-refractivity contribution in [1.82, 2.24) is 10.2 Å². The van der Waals surface area contributed by atoms with Gasteiger partial charge >= 0.3 is 5.97 Å². The van der Waals surface area contributed by atoms with E-state index in [9.17, 15) is 9.59 Å². The molecule has 0 bridgehead atoms. The highest BCUT2D eigenvalue weighted by Crippen LogP contribution is 2.08. The van der Waals surface area contributed by atoms with Gasteiger partial charge in [0.25, 0.3) is 0 Å². The summed E-state index contributed by atoms with van der Waals surface area (Å²) in [4.78, 5) is 23.9. The maximum absolute atomic E-state index is 11.6. The Balaban J connectivity index is 2.25. The lowest BCUT2D eigenvalue weighted by atomic mass is 10.1. The second-order valence-corrected chi connectivity index (χ2v) is 3.88. The molecule has 0 unspecified atom stereocenters. The Morgan fingerprint density at radius 1 is 1.33 bits per heavy atom. The molecule has 86 valence electrons. The summed E-state index contributed by atoms with van der Waals surface area (Å²) in [6.45, 7) is 3.27. The van der Waals surface area contributed by atoms with E-state index in [-0.39, 0.29) is 12.5 Å². The molecule has 1 heterocycles. The fraction of sp³-hybridized carbons (Fsp3) is 0.800. The molecule has 1 rings (SSSR count). The van der Waals surface area contributed by atoms with Gasteiger partial charge < -0.3 is 10.0 Å². The zero-order valence-electron chi connectivity index (χ0n) is 9.03. The molecule has 0 radical (unpaired) electrons. The number of aliphatic carboxylic acids is 1. The maximum Gasteiger partial charge on any atom is 0.320 e. The van der Waals surface area contributed by atoms with Crippen molar-refractivity contribution in [2.45, 2.75) is 32.2 Å². The number of carboxylic acid groups (broad SMARTS) is 1. The lowest BCUT2D eigenvalue weighted by molar-refractivity contribution is -0.139. The number of carbonyl (C=O) groups is 2. The molecule has 1 aliphatic heterocycles. The summed E-state index contributed by atoms with van der Waals surface area (Å²) in [6.07, 6.45) is 3.29. The van der Waals surface area contributed by atoms with Crippen molar-refractivity contribution in [2.24, 2.45) is 0 Å². The molecule has 1 saturated heterocycles. The first-order valence-corrected chi connectivity index (χ1v) is 5.35. The molecule has 0 saturated carbocycles. The van der Waals surface area contributed by atoms with Gasteiger partial charge in [-0.2, -0.15) is 0 Å². The van der Waals surface area contributed by atoms with E-state index in [0.29, 0.717) is 0 Å². The van der Waals surface area contributed by atoms with Gasteiger partial charge in [0, 0.05) is 13.1 Å². The van der Waals surface area contributed by atoms with Gasteiger partial charge in [-0.25, -0.2) is 0 Å². The van der Waals surface area contributed by atoms with Crippen molar-refractivity contribution < 1.29 is 14.7 Å². The molecular formula is C10H18N2O3. The van der Waals surface area contributed by atoms with Gasteiger partial charge in [-0.05, 0) is 26.2 Å². The van der Waals surface area contributed by atoms with Crippen molar-refractivity contribution in [3.8, 4) is 0 Å². The smallest absolute Gasteiger partial charge is 0.320 e. The third-order valence-corrected chi connectivity index (χ3v) is 2.64. The number of hydrogen-bond acceptors (Lipinski definition) is 3. The van der Waals surface area contributed by atoms with Gasteiger partial charge in [0.1, 0.15) is 6.04 Å². The lowest BCUT2D eigenvalue weighted by Crippen LogP contribution is -2.45. The Morgan fingerprint density at radius 2 is 1.93 bits per heavy atom. The van der Waals surface area contributed by atoms with Gasteiger partial charge in [0.05, 0.1) is 6.54 Å². The molecule has 1 fully saturated rings. The fourth-order valence-corrected chi connectivity index (χ4v) is 1.58. The fourth-order valence-electron chi connectivity index (χ4n) is 1.58. The van der Waals surface area contributed by atoms with E-state index in [4.69, 9.17) is 5.11 Å². The Morgan fingerprint density at radius 3 is 2.47 bits per heavy atom. The van der Waals surface area contributed by atoms with Crippen molar-refractivity contribution in [1.29, 1.82) is 0 Å². The van der Waals surface area contributed by atoms with Crippen LogP contribution in [-0.2, 0) is 9.59 Å². The van der Waals surface area contributed by atoms with Crippen LogP contribution < -0.4 is 5.32 Å². The van der Waals surface area contributed by atoms with Gasteiger partial charge in [-0.15, -0.1) is 0 Å². The highest BCUT2D eigenvalue weighted by Gasteiger charge is 2.18. The van der Waals surface area contributed by atoms with E-state index < -0.39 is 12.0 Å². The van der Waals surface area contributed by atoms with E-state index in [1.165, 1.54) is 13.3 Å². The minimum absolute atomic E-state index is 0.00259. The third-order valence-electron chi connectivity index (χ3n) is 2.64. The van der Waals surface area contributed by atoms with E-state index in [1.807, 2.05) is 0 Å². The molecule has 0 aliphatic carbocycles. The number of rotatable bonds is 4. The summed E-state index contributed by atoms with van der Waals surface area (Å²) in [5, 5.41) is 11.3. The molecule has 1 atom stereocenters. The van der Waals surface area contributed by atoms with E-state index in [0.717, 1.165) is 25.9 Å². The summed E-state index contributed by atoms with van der Waals surface area (Å²) in [7, 11) is 0. The van der Waals surface area contributed by atoms with Crippen LogP contribution in [-0.4, -0.2) is 47.6 Å². The topological polar surface area (TPSA) is 69.6 Å². The van der Waals surface area contributed by atoms with Crippen molar-refractivity contribution >= 4 is 11.9 Å². The Labute approximate surface area is 89.4 Å². The van der Waals surface area contributed by atoms with Crippen LogP contribution in [0.1, 0.15) is 26.2 Å². The number of nitrogens with zero attached hydrogens (tertiary/aromatic N) is 1. The summed E-state index contributed by atoms with van der Waals surface area (Å²) >= 11 is 0. The van der Waals surface area contributed by atoms with Crippen LogP contribution in [0.4, 0.5) is 0 Å². The van der Waals surface area contributed by atoms with E-state index >= 15 is 0 Å². The largest absolute Gasteiger partial charge is 0.480 e. The van der Waals surface area contributed by atoms with Gasteiger partial charge in [0.15, 0.2) is 0 Å². The highest BCUT2D eigenvalue weighted by atomic mass is 16.4. The summed E-state index contributed by atoms with van der Waals surface area (Å²) < 4.78 is 0. The lowest BCUT2D eigenvalue weighted by Gasteiger charge is -2.27. The van der Waals surface area contributed by atoms with Crippen LogP contribution in [0.25, 0.3) is 0 Å². The average Bonchev–Trinajstić information content (AvgIpc) is 2.26. The molecule has 0 aromatic heterocycles. The van der Waals surface area contributed by atoms with Crippen LogP contribution in [0.5, 0.6) is 0 Å². The molecule has 0 aromatic carbocycles. The predicted molar refractivity (Wildman–Crippen MR) is 55.5 cm³/mol. The van der Waals surface area contributed by atoms with Crippen LogP contribution in [0.15, 0.2) is 0 Å². The molecule has 1 amide bonds. The van der Waals surface area contributed by atoms with Crippen molar-refractivity contribution in [2.75, 3.05) is 19.6 Å². The number of carbonyl (C=O) groups excluding carboxylic acids is 1. The maximum atomic E-state index is 11.6. The van der Waals surface area contributed by atoms with Gasteiger partial charge in [0.2, 0.25) is 5.91 Å². The minimum Gasteiger partial charge on any atom is -0.480 e. The Kier molecular flexibility index (Phi) is 4.55. The zero-order valence-corrected chi connectivity index (χ0v) is 9.03. The Hall–Kier alpha value is -1.10. The van der Waals surface area contributed by atoms with Crippen LogP contribution in [0.2, 0.25) is 0 Å². The third kappa shape index (κ3) is 3.87. The van der Waals surface area contributed by atoms with E-state index in [2.05, 4.69) is 5.32 Å². The number of nitrogens with one attached hydrogen (secondary N) is 1. The molecule has 0 spiro atoms.